The zero-order chi connectivity index (χ0) is 18.4. The highest BCUT2D eigenvalue weighted by Gasteiger charge is 2.15. The van der Waals surface area contributed by atoms with Crippen LogP contribution in [0, 0.1) is 6.92 Å². The maximum atomic E-state index is 11.9. The molecule has 3 rings (SSSR count). The summed E-state index contributed by atoms with van der Waals surface area (Å²) >= 11 is 0. The van der Waals surface area contributed by atoms with E-state index in [0.717, 1.165) is 5.75 Å². The first-order valence-electron chi connectivity index (χ1n) is 7.83. The van der Waals surface area contributed by atoms with Crippen molar-refractivity contribution < 1.29 is 23.6 Å². The Balaban J connectivity index is 1.49. The molecule has 132 valence electrons. The number of hydrogen-bond acceptors (Lipinski definition) is 6. The third-order valence-electron chi connectivity index (χ3n) is 3.28. The van der Waals surface area contributed by atoms with Crippen molar-refractivity contribution in [3.63, 3.8) is 0 Å². The summed E-state index contributed by atoms with van der Waals surface area (Å²) in [5.41, 5.74) is 1.11. The number of carbonyl (C=O) groups is 2. The van der Waals surface area contributed by atoms with Crippen LogP contribution in [0.25, 0.3) is 0 Å². The van der Waals surface area contributed by atoms with Crippen molar-refractivity contribution in [2.24, 2.45) is 0 Å². The Morgan fingerprint density at radius 2 is 1.73 bits per heavy atom. The van der Waals surface area contributed by atoms with Crippen LogP contribution in [0.4, 0.5) is 5.69 Å². The number of esters is 1. The number of carbonyl (C=O) groups excluding carboxylic acids is 2. The fourth-order valence-corrected chi connectivity index (χ4v) is 2.09. The van der Waals surface area contributed by atoms with Gasteiger partial charge >= 0.3 is 5.97 Å². The summed E-state index contributed by atoms with van der Waals surface area (Å²) in [5.74, 6) is 0.108. The number of anilines is 1. The Morgan fingerprint density at radius 3 is 2.38 bits per heavy atom. The van der Waals surface area contributed by atoms with Gasteiger partial charge in [-0.2, -0.15) is 0 Å². The van der Waals surface area contributed by atoms with Crippen molar-refractivity contribution in [1.82, 2.24) is 5.16 Å². The van der Waals surface area contributed by atoms with Crippen molar-refractivity contribution in [3.8, 4) is 11.5 Å². The van der Waals surface area contributed by atoms with Crippen LogP contribution in [0.15, 0.2) is 65.2 Å². The molecule has 2 aromatic carbocycles. The van der Waals surface area contributed by atoms with Gasteiger partial charge in [-0.25, -0.2) is 4.79 Å². The molecule has 0 spiro atoms. The number of para-hydroxylation sites is 1. The highest BCUT2D eigenvalue weighted by Crippen LogP contribution is 2.22. The number of aryl methyl sites for hydroxylation is 1. The van der Waals surface area contributed by atoms with Gasteiger partial charge < -0.3 is 19.3 Å². The number of nitrogens with one attached hydrogen (secondary N) is 1. The summed E-state index contributed by atoms with van der Waals surface area (Å²) in [6.07, 6.45) is 0. The SMILES string of the molecule is Cc1cc(C(=O)OCC(=O)Nc2ccc(Oc3ccccc3)cc2)on1. The first-order chi connectivity index (χ1) is 12.6. The number of amides is 1. The molecule has 0 saturated carbocycles. The molecule has 0 aliphatic rings. The zero-order valence-corrected chi connectivity index (χ0v) is 14.0. The van der Waals surface area contributed by atoms with E-state index in [1.165, 1.54) is 6.07 Å². The van der Waals surface area contributed by atoms with Gasteiger partial charge in [0.15, 0.2) is 6.61 Å². The van der Waals surface area contributed by atoms with Crippen molar-refractivity contribution in [2.45, 2.75) is 6.92 Å². The molecule has 1 N–H and O–H groups in total. The van der Waals surface area contributed by atoms with Gasteiger partial charge in [0.25, 0.3) is 5.91 Å². The van der Waals surface area contributed by atoms with E-state index in [1.54, 1.807) is 31.2 Å². The Hall–Kier alpha value is -3.61. The van der Waals surface area contributed by atoms with E-state index in [4.69, 9.17) is 14.0 Å². The van der Waals surface area contributed by atoms with Crippen LogP contribution in [0.3, 0.4) is 0 Å². The van der Waals surface area contributed by atoms with Crippen LogP contribution < -0.4 is 10.1 Å². The average molecular weight is 352 g/mol. The molecule has 0 atom stereocenters. The van der Waals surface area contributed by atoms with Crippen LogP contribution >= 0.6 is 0 Å². The van der Waals surface area contributed by atoms with Gasteiger partial charge in [0.05, 0.1) is 5.69 Å². The molecular weight excluding hydrogens is 336 g/mol. The topological polar surface area (TPSA) is 90.7 Å². The second kappa shape index (κ2) is 7.98. The highest BCUT2D eigenvalue weighted by molar-refractivity contribution is 5.94. The minimum absolute atomic E-state index is 0.0438. The molecule has 3 aromatic rings. The summed E-state index contributed by atoms with van der Waals surface area (Å²) in [4.78, 5) is 23.5. The first-order valence-corrected chi connectivity index (χ1v) is 7.83. The molecule has 0 unspecified atom stereocenters. The Morgan fingerprint density at radius 1 is 1.04 bits per heavy atom. The molecule has 0 fully saturated rings. The van der Waals surface area contributed by atoms with Gasteiger partial charge in [-0.15, -0.1) is 0 Å². The van der Waals surface area contributed by atoms with Crippen LogP contribution in [0.5, 0.6) is 11.5 Å². The fraction of sp³-hybridized carbons (Fsp3) is 0.105. The minimum atomic E-state index is -0.743. The summed E-state index contributed by atoms with van der Waals surface area (Å²) in [6, 6.07) is 17.6. The predicted molar refractivity (Wildman–Crippen MR) is 93.1 cm³/mol. The maximum absolute atomic E-state index is 11.9. The number of ether oxygens (including phenoxy) is 2. The van der Waals surface area contributed by atoms with Crippen LogP contribution in [0.1, 0.15) is 16.2 Å². The highest BCUT2D eigenvalue weighted by atomic mass is 16.6. The molecule has 0 bridgehead atoms. The lowest BCUT2D eigenvalue weighted by Gasteiger charge is -2.08. The third-order valence-corrected chi connectivity index (χ3v) is 3.28. The van der Waals surface area contributed by atoms with Crippen LogP contribution in [-0.4, -0.2) is 23.6 Å². The molecule has 0 aliphatic heterocycles. The standard InChI is InChI=1S/C19H16N2O5/c1-13-11-17(26-21-13)19(23)24-12-18(22)20-14-7-9-16(10-8-14)25-15-5-3-2-4-6-15/h2-11H,12H2,1H3,(H,20,22). The second-order valence-electron chi connectivity index (χ2n) is 5.40. The molecule has 0 aliphatic carbocycles. The van der Waals surface area contributed by atoms with Crippen LogP contribution in [0.2, 0.25) is 0 Å². The van der Waals surface area contributed by atoms with Gasteiger partial charge in [0.2, 0.25) is 5.76 Å². The van der Waals surface area contributed by atoms with Crippen LogP contribution in [-0.2, 0) is 9.53 Å². The number of nitrogens with zero attached hydrogens (tertiary/aromatic N) is 1. The summed E-state index contributed by atoms with van der Waals surface area (Å²) in [7, 11) is 0. The van der Waals surface area contributed by atoms with E-state index in [-0.39, 0.29) is 5.76 Å². The summed E-state index contributed by atoms with van der Waals surface area (Å²) < 4.78 is 15.3. The summed E-state index contributed by atoms with van der Waals surface area (Å²) in [6.45, 7) is 1.25. The molecule has 26 heavy (non-hydrogen) atoms. The van der Waals surface area contributed by atoms with E-state index in [2.05, 4.69) is 10.5 Å². The Bertz CT molecular complexity index is 888. The Labute approximate surface area is 149 Å². The molecule has 7 heteroatoms. The number of rotatable bonds is 6. The van der Waals surface area contributed by atoms with Gasteiger partial charge in [-0.05, 0) is 43.3 Å². The molecule has 0 radical (unpaired) electrons. The number of aromatic nitrogens is 1. The van der Waals surface area contributed by atoms with Gasteiger partial charge in [-0.1, -0.05) is 23.4 Å². The first kappa shape index (κ1) is 17.2. The maximum Gasteiger partial charge on any atom is 0.377 e. The zero-order valence-electron chi connectivity index (χ0n) is 14.0. The van der Waals surface area contributed by atoms with Crippen molar-refractivity contribution in [1.29, 1.82) is 0 Å². The van der Waals surface area contributed by atoms with E-state index in [9.17, 15) is 9.59 Å². The Kier molecular flexibility index (Phi) is 5.28. The lowest BCUT2D eigenvalue weighted by molar-refractivity contribution is -0.119. The van der Waals surface area contributed by atoms with Gasteiger partial charge in [0, 0.05) is 11.8 Å². The lowest BCUT2D eigenvalue weighted by atomic mass is 10.3. The predicted octanol–water partition coefficient (Wildman–Crippen LogP) is 3.57. The largest absolute Gasteiger partial charge is 0.457 e. The smallest absolute Gasteiger partial charge is 0.377 e. The van der Waals surface area contributed by atoms with Gasteiger partial charge in [-0.3, -0.25) is 4.79 Å². The van der Waals surface area contributed by atoms with E-state index < -0.39 is 18.5 Å². The lowest BCUT2D eigenvalue weighted by Crippen LogP contribution is -2.20. The average Bonchev–Trinajstić information content (AvgIpc) is 3.09. The molecular formula is C19H16N2O5. The van der Waals surface area contributed by atoms with Crippen molar-refractivity contribution in [3.05, 3.63) is 72.1 Å². The second-order valence-corrected chi connectivity index (χ2v) is 5.40. The van der Waals surface area contributed by atoms with Gasteiger partial charge in [0.1, 0.15) is 11.5 Å². The molecule has 1 amide bonds. The minimum Gasteiger partial charge on any atom is -0.457 e. The van der Waals surface area contributed by atoms with E-state index in [1.807, 2.05) is 30.3 Å². The normalized spacial score (nSPS) is 10.2. The third kappa shape index (κ3) is 4.70. The molecule has 1 aromatic heterocycles. The van der Waals surface area contributed by atoms with Crippen molar-refractivity contribution >= 4 is 17.6 Å². The summed E-state index contributed by atoms with van der Waals surface area (Å²) in [5, 5.41) is 6.21. The monoisotopic (exact) mass is 352 g/mol. The molecule has 7 nitrogen and oxygen atoms in total. The number of hydrogen-bond donors (Lipinski definition) is 1. The molecule has 0 saturated heterocycles. The molecule has 1 heterocycles. The van der Waals surface area contributed by atoms with E-state index >= 15 is 0 Å². The fourth-order valence-electron chi connectivity index (χ4n) is 2.09. The quantitative estimate of drug-likeness (QED) is 0.682. The van der Waals surface area contributed by atoms with Crippen molar-refractivity contribution in [2.75, 3.05) is 11.9 Å². The van der Waals surface area contributed by atoms with E-state index in [0.29, 0.717) is 17.1 Å². The number of benzene rings is 2.